The Morgan fingerprint density at radius 1 is 1.27 bits per heavy atom. The zero-order valence-electron chi connectivity index (χ0n) is 13.6. The first-order chi connectivity index (χ1) is 10.5. The van der Waals surface area contributed by atoms with Crippen molar-refractivity contribution in [2.24, 2.45) is 0 Å². The van der Waals surface area contributed by atoms with E-state index < -0.39 is 0 Å². The maximum atomic E-state index is 12.3. The van der Waals surface area contributed by atoms with Gasteiger partial charge >= 0.3 is 6.03 Å². The predicted octanol–water partition coefficient (Wildman–Crippen LogP) is 2.36. The third-order valence-electron chi connectivity index (χ3n) is 4.03. The summed E-state index contributed by atoms with van der Waals surface area (Å²) in [5.41, 5.74) is 1.69. The summed E-state index contributed by atoms with van der Waals surface area (Å²) in [5, 5.41) is 3.63. The molecule has 0 spiro atoms. The molecule has 1 aliphatic rings. The molecule has 1 aliphatic heterocycles. The molecule has 1 N–H and O–H groups in total. The first kappa shape index (κ1) is 17.1. The zero-order chi connectivity index (χ0) is 16.1. The molecule has 0 radical (unpaired) electrons. The molecule has 1 fully saturated rings. The van der Waals surface area contributed by atoms with Gasteiger partial charge in [-0.3, -0.25) is 4.90 Å². The molecule has 0 aliphatic carbocycles. The van der Waals surface area contributed by atoms with E-state index >= 15 is 0 Å². The van der Waals surface area contributed by atoms with Crippen molar-refractivity contribution in [1.29, 1.82) is 0 Å². The Labute approximate surface area is 137 Å². The number of nitrogens with zero attached hydrogens (tertiary/aromatic N) is 3. The second kappa shape index (κ2) is 7.81. The minimum atomic E-state index is -0.0439. The highest BCUT2D eigenvalue weighted by Gasteiger charge is 2.21. The van der Waals surface area contributed by atoms with Gasteiger partial charge in [-0.2, -0.15) is 0 Å². The topological polar surface area (TPSA) is 38.8 Å². The normalized spacial score (nSPS) is 16.1. The number of carbonyl (C=O) groups excluding carboxylic acids is 1. The Bertz CT molecular complexity index is 513. The van der Waals surface area contributed by atoms with Crippen LogP contribution in [0.5, 0.6) is 0 Å². The molecule has 5 nitrogen and oxygen atoms in total. The van der Waals surface area contributed by atoms with E-state index in [-0.39, 0.29) is 6.03 Å². The van der Waals surface area contributed by atoms with E-state index in [1.165, 1.54) is 0 Å². The van der Waals surface area contributed by atoms with Crippen molar-refractivity contribution >= 4 is 23.3 Å². The average molecular weight is 325 g/mol. The van der Waals surface area contributed by atoms with Crippen molar-refractivity contribution < 1.29 is 4.79 Å². The molecule has 1 saturated heterocycles. The van der Waals surface area contributed by atoms with Crippen molar-refractivity contribution in [2.45, 2.75) is 6.92 Å². The maximum Gasteiger partial charge on any atom is 0.321 e. The third-order valence-corrected chi connectivity index (χ3v) is 4.44. The minimum Gasteiger partial charge on any atom is -0.322 e. The Kier molecular flexibility index (Phi) is 6.06. The van der Waals surface area contributed by atoms with Crippen molar-refractivity contribution in [2.75, 3.05) is 58.7 Å². The van der Waals surface area contributed by atoms with Crippen LogP contribution in [0.25, 0.3) is 0 Å². The fourth-order valence-electron chi connectivity index (χ4n) is 2.45. The highest BCUT2D eigenvalue weighted by molar-refractivity contribution is 6.31. The van der Waals surface area contributed by atoms with E-state index in [1.807, 2.05) is 30.0 Å². The van der Waals surface area contributed by atoms with Gasteiger partial charge in [0.15, 0.2) is 0 Å². The standard InChI is InChI=1S/C16H25ClN4O/c1-13-14(17)5-4-6-15(13)18-16(22)21-11-9-20(10-12-21)8-7-19(2)3/h4-6H,7-12H2,1-3H3,(H,18,22). The van der Waals surface area contributed by atoms with Crippen LogP contribution in [0.15, 0.2) is 18.2 Å². The smallest absolute Gasteiger partial charge is 0.321 e. The second-order valence-corrected chi connectivity index (χ2v) is 6.38. The molecule has 2 amide bonds. The van der Waals surface area contributed by atoms with Gasteiger partial charge in [-0.25, -0.2) is 4.79 Å². The summed E-state index contributed by atoms with van der Waals surface area (Å²) in [6.07, 6.45) is 0. The number of anilines is 1. The van der Waals surface area contributed by atoms with Gasteiger partial charge in [0.1, 0.15) is 0 Å². The number of halogens is 1. The molecule has 0 aromatic heterocycles. The lowest BCUT2D eigenvalue weighted by Crippen LogP contribution is -2.51. The van der Waals surface area contributed by atoms with Gasteiger partial charge in [0, 0.05) is 50.0 Å². The van der Waals surface area contributed by atoms with Gasteiger partial charge in [0.05, 0.1) is 0 Å². The fourth-order valence-corrected chi connectivity index (χ4v) is 2.63. The average Bonchev–Trinajstić information content (AvgIpc) is 2.50. The lowest BCUT2D eigenvalue weighted by atomic mass is 10.2. The molecule has 1 aromatic carbocycles. The summed E-state index contributed by atoms with van der Waals surface area (Å²) in [6, 6.07) is 5.52. The summed E-state index contributed by atoms with van der Waals surface area (Å²) in [6.45, 7) is 7.39. The monoisotopic (exact) mass is 324 g/mol. The molecule has 1 aromatic rings. The summed E-state index contributed by atoms with van der Waals surface area (Å²) in [7, 11) is 4.16. The van der Waals surface area contributed by atoms with E-state index in [0.717, 1.165) is 50.5 Å². The number of nitrogens with one attached hydrogen (secondary N) is 1. The van der Waals surface area contributed by atoms with E-state index in [2.05, 4.69) is 29.2 Å². The van der Waals surface area contributed by atoms with Gasteiger partial charge in [-0.05, 0) is 38.7 Å². The molecule has 0 atom stereocenters. The molecular formula is C16H25ClN4O. The molecule has 0 unspecified atom stereocenters. The van der Waals surface area contributed by atoms with E-state index in [0.29, 0.717) is 5.02 Å². The molecule has 0 bridgehead atoms. The predicted molar refractivity (Wildman–Crippen MR) is 91.8 cm³/mol. The highest BCUT2D eigenvalue weighted by Crippen LogP contribution is 2.23. The van der Waals surface area contributed by atoms with Crippen LogP contribution in [0.4, 0.5) is 10.5 Å². The molecule has 0 saturated carbocycles. The van der Waals surface area contributed by atoms with Crippen molar-refractivity contribution in [1.82, 2.24) is 14.7 Å². The zero-order valence-corrected chi connectivity index (χ0v) is 14.4. The van der Waals surface area contributed by atoms with E-state index in [1.54, 1.807) is 0 Å². The largest absolute Gasteiger partial charge is 0.322 e. The lowest BCUT2D eigenvalue weighted by molar-refractivity contribution is 0.140. The molecule has 1 heterocycles. The number of benzene rings is 1. The van der Waals surface area contributed by atoms with Crippen LogP contribution >= 0.6 is 11.6 Å². The number of hydrogen-bond donors (Lipinski definition) is 1. The molecule has 6 heteroatoms. The van der Waals surface area contributed by atoms with Crippen molar-refractivity contribution in [3.63, 3.8) is 0 Å². The highest BCUT2D eigenvalue weighted by atomic mass is 35.5. The number of rotatable bonds is 4. The number of likely N-dealkylation sites (N-methyl/N-ethyl adjacent to an activating group) is 1. The van der Waals surface area contributed by atoms with E-state index in [9.17, 15) is 4.79 Å². The van der Waals surface area contributed by atoms with Crippen LogP contribution < -0.4 is 5.32 Å². The Morgan fingerprint density at radius 3 is 2.59 bits per heavy atom. The number of hydrogen-bond acceptors (Lipinski definition) is 3. The first-order valence-electron chi connectivity index (χ1n) is 7.65. The minimum absolute atomic E-state index is 0.0439. The van der Waals surface area contributed by atoms with Crippen LogP contribution in [0.3, 0.4) is 0 Å². The SMILES string of the molecule is Cc1c(Cl)cccc1NC(=O)N1CCN(CCN(C)C)CC1. The molecule has 122 valence electrons. The Hall–Kier alpha value is -1.30. The molecule has 2 rings (SSSR count). The number of urea groups is 1. The summed E-state index contributed by atoms with van der Waals surface area (Å²) < 4.78 is 0. The van der Waals surface area contributed by atoms with Gasteiger partial charge in [0.2, 0.25) is 0 Å². The van der Waals surface area contributed by atoms with Crippen LogP contribution in [-0.2, 0) is 0 Å². The lowest BCUT2D eigenvalue weighted by Gasteiger charge is -2.35. The summed E-state index contributed by atoms with van der Waals surface area (Å²) in [4.78, 5) is 18.8. The number of piperazine rings is 1. The van der Waals surface area contributed by atoms with Crippen LogP contribution in [0.2, 0.25) is 5.02 Å². The third kappa shape index (κ3) is 4.60. The number of amides is 2. The van der Waals surface area contributed by atoms with E-state index in [4.69, 9.17) is 11.6 Å². The van der Waals surface area contributed by atoms with Gasteiger partial charge in [-0.15, -0.1) is 0 Å². The molecular weight excluding hydrogens is 300 g/mol. The summed E-state index contributed by atoms with van der Waals surface area (Å²) in [5.74, 6) is 0. The fraction of sp³-hybridized carbons (Fsp3) is 0.562. The van der Waals surface area contributed by atoms with Crippen molar-refractivity contribution in [3.8, 4) is 0 Å². The van der Waals surface area contributed by atoms with Gasteiger partial charge in [-0.1, -0.05) is 17.7 Å². The molecule has 22 heavy (non-hydrogen) atoms. The first-order valence-corrected chi connectivity index (χ1v) is 8.03. The van der Waals surface area contributed by atoms with Crippen LogP contribution in [0, 0.1) is 6.92 Å². The van der Waals surface area contributed by atoms with Crippen molar-refractivity contribution in [3.05, 3.63) is 28.8 Å². The van der Waals surface area contributed by atoms with Gasteiger partial charge in [0.25, 0.3) is 0 Å². The van der Waals surface area contributed by atoms with Crippen LogP contribution in [-0.4, -0.2) is 74.1 Å². The summed E-state index contributed by atoms with van der Waals surface area (Å²) >= 11 is 6.09. The Balaban J connectivity index is 1.84. The van der Waals surface area contributed by atoms with Gasteiger partial charge < -0.3 is 15.1 Å². The second-order valence-electron chi connectivity index (χ2n) is 5.97. The number of carbonyl (C=O) groups is 1. The maximum absolute atomic E-state index is 12.3. The Morgan fingerprint density at radius 2 is 1.95 bits per heavy atom. The quantitative estimate of drug-likeness (QED) is 0.924. The van der Waals surface area contributed by atoms with Crippen LogP contribution in [0.1, 0.15) is 5.56 Å².